The van der Waals surface area contributed by atoms with Crippen molar-refractivity contribution in [2.24, 2.45) is 0 Å². The summed E-state index contributed by atoms with van der Waals surface area (Å²) in [5.41, 5.74) is 1.23. The lowest BCUT2D eigenvalue weighted by atomic mass is 10.1. The number of ether oxygens (including phenoxy) is 1. The number of Topliss-reactive ketones (excluding diaryl/α,β-unsaturated/α-hetero) is 2. The Morgan fingerprint density at radius 1 is 1.07 bits per heavy atom. The van der Waals surface area contributed by atoms with Crippen LogP contribution in [0.4, 0.5) is 5.69 Å². The molecule has 1 aromatic carbocycles. The van der Waals surface area contributed by atoms with Crippen LogP contribution in [0.25, 0.3) is 0 Å². The molecule has 0 aliphatic carbocycles. The lowest BCUT2D eigenvalue weighted by Crippen LogP contribution is -2.30. The van der Waals surface area contributed by atoms with Crippen molar-refractivity contribution in [2.45, 2.75) is 46.6 Å². The fourth-order valence-electron chi connectivity index (χ4n) is 2.68. The Morgan fingerprint density at radius 3 is 2.32 bits per heavy atom. The number of hydrogen-bond acceptors (Lipinski definition) is 6. The van der Waals surface area contributed by atoms with Crippen molar-refractivity contribution in [3.63, 3.8) is 0 Å². The van der Waals surface area contributed by atoms with Gasteiger partial charge in [0.25, 0.3) is 5.91 Å². The molecule has 0 aliphatic heterocycles. The zero-order valence-corrected chi connectivity index (χ0v) is 16.3. The number of anilines is 1. The number of para-hydroxylation sites is 1. The first-order valence-corrected chi connectivity index (χ1v) is 8.89. The van der Waals surface area contributed by atoms with E-state index in [1.54, 1.807) is 37.3 Å². The van der Waals surface area contributed by atoms with Gasteiger partial charge in [-0.1, -0.05) is 12.1 Å². The number of nitrogens with one attached hydrogen (secondary N) is 1. The summed E-state index contributed by atoms with van der Waals surface area (Å²) >= 11 is 0. The van der Waals surface area contributed by atoms with E-state index in [1.165, 1.54) is 20.8 Å². The van der Waals surface area contributed by atoms with Crippen LogP contribution in [-0.4, -0.2) is 29.5 Å². The maximum atomic E-state index is 12.3. The maximum Gasteiger partial charge on any atom is 0.307 e. The normalized spacial score (nSPS) is 11.6. The summed E-state index contributed by atoms with van der Waals surface area (Å²) in [7, 11) is 0. The summed E-state index contributed by atoms with van der Waals surface area (Å²) in [4.78, 5) is 47.3. The number of ketones is 2. The van der Waals surface area contributed by atoms with Gasteiger partial charge in [-0.05, 0) is 45.9 Å². The molecular weight excluding hydrogens is 362 g/mol. The van der Waals surface area contributed by atoms with E-state index >= 15 is 0 Å². The van der Waals surface area contributed by atoms with E-state index in [0.29, 0.717) is 28.3 Å². The van der Waals surface area contributed by atoms with E-state index in [0.717, 1.165) is 0 Å². The van der Waals surface area contributed by atoms with Gasteiger partial charge in [0, 0.05) is 12.0 Å². The molecule has 1 heterocycles. The van der Waals surface area contributed by atoms with Crippen LogP contribution in [0.5, 0.6) is 0 Å². The number of carbonyl (C=O) groups is 4. The molecule has 2 aromatic rings. The topological polar surface area (TPSA) is 103 Å². The molecule has 0 saturated heterocycles. The van der Waals surface area contributed by atoms with Gasteiger partial charge in [-0.15, -0.1) is 0 Å². The predicted octanol–water partition coefficient (Wildman–Crippen LogP) is 3.50. The summed E-state index contributed by atoms with van der Waals surface area (Å²) in [6, 6.07) is 8.22. The second-order valence-electron chi connectivity index (χ2n) is 6.46. The van der Waals surface area contributed by atoms with Crippen molar-refractivity contribution in [1.82, 2.24) is 0 Å². The van der Waals surface area contributed by atoms with Crippen LogP contribution in [0, 0.1) is 6.92 Å². The quantitative estimate of drug-likeness (QED) is 0.551. The molecule has 148 valence electrons. The number of aryl methyl sites for hydroxylation is 2. The van der Waals surface area contributed by atoms with E-state index in [-0.39, 0.29) is 24.4 Å². The number of benzene rings is 1. The minimum Gasteiger partial charge on any atom is -0.466 e. The first-order valence-electron chi connectivity index (χ1n) is 8.89. The fourth-order valence-corrected chi connectivity index (χ4v) is 2.68. The molecule has 0 spiro atoms. The van der Waals surface area contributed by atoms with Crippen molar-refractivity contribution < 1.29 is 28.3 Å². The highest BCUT2D eigenvalue weighted by Crippen LogP contribution is 2.18. The summed E-state index contributed by atoms with van der Waals surface area (Å²) in [6.45, 7) is 5.99. The number of furan rings is 1. The summed E-state index contributed by atoms with van der Waals surface area (Å²) in [6.07, 6.45) is -0.765. The van der Waals surface area contributed by atoms with E-state index in [2.05, 4.69) is 5.32 Å². The molecule has 2 rings (SSSR count). The molecule has 7 heteroatoms. The van der Waals surface area contributed by atoms with Gasteiger partial charge >= 0.3 is 5.97 Å². The van der Waals surface area contributed by atoms with Crippen molar-refractivity contribution >= 4 is 29.1 Å². The van der Waals surface area contributed by atoms with Crippen LogP contribution >= 0.6 is 0 Å². The van der Waals surface area contributed by atoms with Gasteiger partial charge in [-0.2, -0.15) is 0 Å². The lowest BCUT2D eigenvalue weighted by molar-refractivity contribution is -0.153. The Bertz CT molecular complexity index is 911. The molecule has 1 amide bonds. The Hall–Kier alpha value is -3.22. The van der Waals surface area contributed by atoms with Crippen LogP contribution in [0.3, 0.4) is 0 Å². The van der Waals surface area contributed by atoms with Crippen molar-refractivity contribution in [2.75, 3.05) is 5.32 Å². The third-order valence-corrected chi connectivity index (χ3v) is 4.17. The molecule has 7 nitrogen and oxygen atoms in total. The molecule has 1 unspecified atom stereocenters. The molecule has 0 bridgehead atoms. The van der Waals surface area contributed by atoms with Crippen LogP contribution in [0.1, 0.15) is 59.4 Å². The second-order valence-corrected chi connectivity index (χ2v) is 6.46. The third-order valence-electron chi connectivity index (χ3n) is 4.17. The van der Waals surface area contributed by atoms with Gasteiger partial charge in [0.1, 0.15) is 11.5 Å². The predicted molar refractivity (Wildman–Crippen MR) is 102 cm³/mol. The summed E-state index contributed by atoms with van der Waals surface area (Å²) in [5, 5.41) is 2.60. The molecule has 1 aromatic heterocycles. The SMILES string of the molecule is CC(=O)c1ccccc1NC(=O)C(C)OC(=O)CCc1cc(C(C)=O)c(C)o1. The van der Waals surface area contributed by atoms with E-state index in [4.69, 9.17) is 9.15 Å². The Morgan fingerprint density at radius 2 is 1.71 bits per heavy atom. The fraction of sp³-hybridized carbons (Fsp3) is 0.333. The van der Waals surface area contributed by atoms with Gasteiger partial charge in [0.2, 0.25) is 0 Å². The highest BCUT2D eigenvalue weighted by molar-refractivity contribution is 6.04. The molecule has 1 N–H and O–H groups in total. The first kappa shape index (κ1) is 21.1. The highest BCUT2D eigenvalue weighted by atomic mass is 16.5. The van der Waals surface area contributed by atoms with Crippen LogP contribution in [0.15, 0.2) is 34.7 Å². The van der Waals surface area contributed by atoms with Crippen molar-refractivity contribution in [1.29, 1.82) is 0 Å². The number of hydrogen-bond donors (Lipinski definition) is 1. The van der Waals surface area contributed by atoms with Gasteiger partial charge in [0.15, 0.2) is 17.7 Å². The number of esters is 1. The first-order chi connectivity index (χ1) is 13.2. The summed E-state index contributed by atoms with van der Waals surface area (Å²) in [5.74, 6) is -0.374. The molecule has 1 atom stereocenters. The second kappa shape index (κ2) is 9.12. The largest absolute Gasteiger partial charge is 0.466 e. The van der Waals surface area contributed by atoms with Crippen molar-refractivity contribution in [3.05, 3.63) is 53.0 Å². The third kappa shape index (κ3) is 5.39. The van der Waals surface area contributed by atoms with Gasteiger partial charge in [-0.3, -0.25) is 19.2 Å². The molecule has 0 radical (unpaired) electrons. The van der Waals surface area contributed by atoms with Gasteiger partial charge < -0.3 is 14.5 Å². The molecular formula is C21H23NO6. The Balaban J connectivity index is 1.90. The van der Waals surface area contributed by atoms with Gasteiger partial charge in [-0.25, -0.2) is 0 Å². The minimum atomic E-state index is -1.03. The number of carbonyl (C=O) groups excluding carboxylic acids is 4. The Labute approximate surface area is 163 Å². The molecule has 0 aliphatic rings. The van der Waals surface area contributed by atoms with E-state index in [1.807, 2.05) is 0 Å². The number of rotatable bonds is 8. The Kier molecular flexibility index (Phi) is 6.87. The zero-order valence-electron chi connectivity index (χ0n) is 16.3. The molecule has 0 saturated carbocycles. The number of amides is 1. The lowest BCUT2D eigenvalue weighted by Gasteiger charge is -2.14. The van der Waals surface area contributed by atoms with Crippen molar-refractivity contribution in [3.8, 4) is 0 Å². The zero-order chi connectivity index (χ0) is 20.8. The molecule has 28 heavy (non-hydrogen) atoms. The van der Waals surface area contributed by atoms with Crippen LogP contribution in [0.2, 0.25) is 0 Å². The van der Waals surface area contributed by atoms with Gasteiger partial charge in [0.05, 0.1) is 17.7 Å². The highest BCUT2D eigenvalue weighted by Gasteiger charge is 2.20. The van der Waals surface area contributed by atoms with Crippen LogP contribution < -0.4 is 5.32 Å². The average Bonchev–Trinajstić information content (AvgIpc) is 3.01. The van der Waals surface area contributed by atoms with E-state index in [9.17, 15) is 19.2 Å². The monoisotopic (exact) mass is 385 g/mol. The minimum absolute atomic E-state index is 0.00590. The molecule has 0 fully saturated rings. The smallest absolute Gasteiger partial charge is 0.307 e. The summed E-state index contributed by atoms with van der Waals surface area (Å²) < 4.78 is 10.6. The van der Waals surface area contributed by atoms with Crippen LogP contribution in [-0.2, 0) is 20.7 Å². The van der Waals surface area contributed by atoms with E-state index < -0.39 is 18.0 Å². The average molecular weight is 385 g/mol. The maximum absolute atomic E-state index is 12.3. The standard InChI is InChI=1S/C21H23NO6/c1-12(23)17-7-5-6-8-19(17)22-21(26)15(4)28-20(25)10-9-16-11-18(13(2)24)14(3)27-16/h5-8,11,15H,9-10H2,1-4H3,(H,22,26).